The van der Waals surface area contributed by atoms with Crippen molar-refractivity contribution in [1.29, 1.82) is 0 Å². The summed E-state index contributed by atoms with van der Waals surface area (Å²) in [4.78, 5) is 15.3. The van der Waals surface area contributed by atoms with E-state index in [1.165, 1.54) is 25.5 Å². The van der Waals surface area contributed by atoms with Crippen LogP contribution in [0.3, 0.4) is 0 Å². The number of aromatic nitrogens is 1. The Morgan fingerprint density at radius 3 is 2.95 bits per heavy atom. The highest BCUT2D eigenvalue weighted by Gasteiger charge is 2.13. The molecule has 2 rings (SSSR count). The number of anilines is 2. The first-order valence-corrected chi connectivity index (χ1v) is 5.87. The van der Waals surface area contributed by atoms with E-state index in [0.29, 0.717) is 5.69 Å². The molecule has 0 saturated carbocycles. The number of carbonyl (C=O) groups is 1. The summed E-state index contributed by atoms with van der Waals surface area (Å²) in [5, 5.41) is 2.73. The third kappa shape index (κ3) is 3.05. The molecule has 2 aromatic rings. The van der Waals surface area contributed by atoms with Crippen molar-refractivity contribution in [2.45, 2.75) is 6.92 Å². The molecule has 1 aromatic heterocycles. The number of rotatable bonds is 5. The molecule has 0 aliphatic rings. The predicted molar refractivity (Wildman–Crippen MR) is 68.7 cm³/mol. The van der Waals surface area contributed by atoms with Crippen LogP contribution >= 0.6 is 0 Å². The molecule has 0 spiro atoms. The second-order valence-electron chi connectivity index (χ2n) is 3.73. The summed E-state index contributed by atoms with van der Waals surface area (Å²) in [6.45, 7) is 1.94. The molecule has 20 heavy (non-hydrogen) atoms. The van der Waals surface area contributed by atoms with Gasteiger partial charge in [0.2, 0.25) is 0 Å². The van der Waals surface area contributed by atoms with E-state index in [1.807, 2.05) is 0 Å². The first-order chi connectivity index (χ1) is 9.63. The highest BCUT2D eigenvalue weighted by atomic mass is 19.1. The number of esters is 1. The molecule has 0 saturated heterocycles. The first kappa shape index (κ1) is 13.9. The maximum absolute atomic E-state index is 13.5. The van der Waals surface area contributed by atoms with Gasteiger partial charge in [-0.25, -0.2) is 9.18 Å². The van der Waals surface area contributed by atoms with Crippen molar-refractivity contribution in [2.75, 3.05) is 19.0 Å². The lowest BCUT2D eigenvalue weighted by atomic mass is 10.3. The third-order valence-corrected chi connectivity index (χ3v) is 2.39. The average Bonchev–Trinajstić information content (AvgIpc) is 2.88. The van der Waals surface area contributed by atoms with Crippen LogP contribution in [0, 0.1) is 5.82 Å². The molecule has 1 heterocycles. The van der Waals surface area contributed by atoms with Gasteiger partial charge in [-0.15, -0.1) is 0 Å². The lowest BCUT2D eigenvalue weighted by Crippen LogP contribution is -2.05. The molecule has 0 aliphatic heterocycles. The average molecular weight is 280 g/mol. The van der Waals surface area contributed by atoms with E-state index in [1.54, 1.807) is 13.0 Å². The molecule has 106 valence electrons. The molecule has 0 fully saturated rings. The van der Waals surface area contributed by atoms with Gasteiger partial charge in [0, 0.05) is 11.8 Å². The van der Waals surface area contributed by atoms with Crippen molar-refractivity contribution in [3.05, 3.63) is 36.0 Å². The molecule has 0 unspecified atom stereocenters. The number of hydrogen-bond donors (Lipinski definition) is 1. The van der Waals surface area contributed by atoms with Gasteiger partial charge in [-0.05, 0) is 19.1 Å². The largest absolute Gasteiger partial charge is 0.494 e. The summed E-state index contributed by atoms with van der Waals surface area (Å²) >= 11 is 0. The van der Waals surface area contributed by atoms with Crippen LogP contribution in [-0.2, 0) is 4.74 Å². The van der Waals surface area contributed by atoms with Crippen LogP contribution in [0.25, 0.3) is 0 Å². The van der Waals surface area contributed by atoms with E-state index in [9.17, 15) is 9.18 Å². The van der Waals surface area contributed by atoms with E-state index < -0.39 is 11.8 Å². The first-order valence-electron chi connectivity index (χ1n) is 5.87. The van der Waals surface area contributed by atoms with Crippen molar-refractivity contribution in [3.8, 4) is 5.75 Å². The number of halogens is 1. The Morgan fingerprint density at radius 2 is 2.30 bits per heavy atom. The number of benzene rings is 1. The molecule has 0 radical (unpaired) electrons. The van der Waals surface area contributed by atoms with Crippen LogP contribution in [-0.4, -0.2) is 24.7 Å². The van der Waals surface area contributed by atoms with Gasteiger partial charge in [-0.3, -0.25) is 0 Å². The number of nitrogens with one attached hydrogen (secondary N) is 1. The summed E-state index contributed by atoms with van der Waals surface area (Å²) in [6.07, 6.45) is 1.17. The fourth-order valence-corrected chi connectivity index (χ4v) is 1.50. The Bertz CT molecular complexity index is 612. The van der Waals surface area contributed by atoms with E-state index in [-0.39, 0.29) is 24.1 Å². The van der Waals surface area contributed by atoms with Gasteiger partial charge < -0.3 is 19.2 Å². The minimum absolute atomic E-state index is 0.0448. The molecule has 7 heteroatoms. The van der Waals surface area contributed by atoms with Crippen molar-refractivity contribution < 1.29 is 23.1 Å². The molecule has 0 aliphatic carbocycles. The molecule has 1 N–H and O–H groups in total. The van der Waals surface area contributed by atoms with Crippen molar-refractivity contribution in [1.82, 2.24) is 4.98 Å². The normalized spacial score (nSPS) is 10.2. The number of carbonyl (C=O) groups excluding carboxylic acids is 1. The van der Waals surface area contributed by atoms with Crippen molar-refractivity contribution >= 4 is 17.7 Å². The van der Waals surface area contributed by atoms with E-state index in [4.69, 9.17) is 13.9 Å². The van der Waals surface area contributed by atoms with Crippen LogP contribution in [0.5, 0.6) is 5.75 Å². The van der Waals surface area contributed by atoms with Crippen molar-refractivity contribution in [2.24, 2.45) is 0 Å². The van der Waals surface area contributed by atoms with Gasteiger partial charge in [0.05, 0.1) is 13.7 Å². The molecule has 0 amide bonds. The molecule has 6 nitrogen and oxygen atoms in total. The number of oxazole rings is 1. The Hall–Kier alpha value is -2.57. The fourth-order valence-electron chi connectivity index (χ4n) is 1.50. The molecule has 1 aromatic carbocycles. The predicted octanol–water partition coefficient (Wildman–Crippen LogP) is 2.74. The van der Waals surface area contributed by atoms with Gasteiger partial charge >= 0.3 is 5.97 Å². The Balaban J connectivity index is 2.10. The van der Waals surface area contributed by atoms with Gasteiger partial charge in [0.25, 0.3) is 6.01 Å². The number of hydrogen-bond acceptors (Lipinski definition) is 6. The molecular weight excluding hydrogens is 267 g/mol. The Morgan fingerprint density at radius 1 is 1.50 bits per heavy atom. The topological polar surface area (TPSA) is 73.6 Å². The lowest BCUT2D eigenvalue weighted by Gasteiger charge is -2.04. The third-order valence-electron chi connectivity index (χ3n) is 2.39. The lowest BCUT2D eigenvalue weighted by molar-refractivity contribution is 0.0519. The Labute approximate surface area is 114 Å². The zero-order valence-corrected chi connectivity index (χ0v) is 11.0. The molecular formula is C13H13FN2O4. The highest BCUT2D eigenvalue weighted by molar-refractivity contribution is 5.87. The minimum atomic E-state index is -0.579. The maximum Gasteiger partial charge on any atom is 0.360 e. The Kier molecular flexibility index (Phi) is 4.19. The van der Waals surface area contributed by atoms with Gasteiger partial charge in [0.1, 0.15) is 6.26 Å². The zero-order chi connectivity index (χ0) is 14.5. The summed E-state index contributed by atoms with van der Waals surface area (Å²) < 4.78 is 28.1. The molecule has 0 bridgehead atoms. The number of methoxy groups -OCH3 is 1. The molecule has 0 atom stereocenters. The maximum atomic E-state index is 13.5. The van der Waals surface area contributed by atoms with Crippen LogP contribution in [0.1, 0.15) is 17.4 Å². The van der Waals surface area contributed by atoms with Gasteiger partial charge in [-0.2, -0.15) is 4.98 Å². The fraction of sp³-hybridized carbons (Fsp3) is 0.231. The van der Waals surface area contributed by atoms with Gasteiger partial charge in [0.15, 0.2) is 17.3 Å². The van der Waals surface area contributed by atoms with Crippen molar-refractivity contribution in [3.63, 3.8) is 0 Å². The van der Waals surface area contributed by atoms with E-state index in [0.717, 1.165) is 0 Å². The zero-order valence-electron chi connectivity index (χ0n) is 11.0. The number of ether oxygens (including phenoxy) is 2. The van der Waals surface area contributed by atoms with E-state index in [2.05, 4.69) is 10.3 Å². The van der Waals surface area contributed by atoms with Crippen LogP contribution in [0.4, 0.5) is 16.1 Å². The standard InChI is InChI=1S/C13H13FN2O4/c1-3-19-12(17)10-7-20-13(16-10)15-8-4-5-11(18-2)9(14)6-8/h4-7H,3H2,1-2H3,(H,15,16). The summed E-state index contributed by atoms with van der Waals surface area (Å²) in [5.74, 6) is -0.963. The second-order valence-corrected chi connectivity index (χ2v) is 3.73. The smallest absolute Gasteiger partial charge is 0.360 e. The van der Waals surface area contributed by atoms with E-state index >= 15 is 0 Å². The summed E-state index contributed by atoms with van der Waals surface area (Å²) in [6, 6.07) is 4.36. The summed E-state index contributed by atoms with van der Waals surface area (Å²) in [5.41, 5.74) is 0.462. The minimum Gasteiger partial charge on any atom is -0.494 e. The monoisotopic (exact) mass is 280 g/mol. The quantitative estimate of drug-likeness (QED) is 0.849. The number of nitrogens with zero attached hydrogens (tertiary/aromatic N) is 1. The van der Waals surface area contributed by atoms with Gasteiger partial charge in [-0.1, -0.05) is 0 Å². The van der Waals surface area contributed by atoms with Crippen LogP contribution in [0.15, 0.2) is 28.9 Å². The second kappa shape index (κ2) is 6.05. The summed E-state index contributed by atoms with van der Waals surface area (Å²) in [7, 11) is 1.38. The highest BCUT2D eigenvalue weighted by Crippen LogP contribution is 2.23. The van der Waals surface area contributed by atoms with Crippen LogP contribution in [0.2, 0.25) is 0 Å². The van der Waals surface area contributed by atoms with Crippen LogP contribution < -0.4 is 10.1 Å². The SMILES string of the molecule is CCOC(=O)c1coc(Nc2ccc(OC)c(F)c2)n1.